The first-order chi connectivity index (χ1) is 12.7. The maximum atomic E-state index is 5.51. The summed E-state index contributed by atoms with van der Waals surface area (Å²) < 4.78 is 7.55. The number of fused-ring (bicyclic) bond motifs is 1. The fourth-order valence-corrected chi connectivity index (χ4v) is 3.26. The van der Waals surface area contributed by atoms with E-state index in [1.807, 2.05) is 11.6 Å². The van der Waals surface area contributed by atoms with Gasteiger partial charge >= 0.3 is 0 Å². The first kappa shape index (κ1) is 16.7. The third kappa shape index (κ3) is 3.60. The summed E-state index contributed by atoms with van der Waals surface area (Å²) in [6, 6.07) is 12.9. The van der Waals surface area contributed by atoms with Crippen LogP contribution in [-0.2, 0) is 11.8 Å². The van der Waals surface area contributed by atoms with Crippen LogP contribution in [0.25, 0.3) is 23.1 Å². The average Bonchev–Trinajstić information content (AvgIpc) is 2.67. The van der Waals surface area contributed by atoms with Crippen molar-refractivity contribution in [3.63, 3.8) is 0 Å². The van der Waals surface area contributed by atoms with E-state index in [9.17, 15) is 0 Å². The van der Waals surface area contributed by atoms with Gasteiger partial charge in [-0.2, -0.15) is 0 Å². The predicted molar refractivity (Wildman–Crippen MR) is 106 cm³/mol. The number of benzene rings is 1. The molecule has 132 valence electrons. The monoisotopic (exact) mass is 346 g/mol. The number of aryl methyl sites for hydroxylation is 2. The third-order valence-corrected chi connectivity index (χ3v) is 4.75. The maximum absolute atomic E-state index is 5.51. The number of hydrogen-bond donors (Lipinski definition) is 0. The molecule has 1 aliphatic heterocycles. The molecule has 0 saturated carbocycles. The lowest BCUT2D eigenvalue weighted by molar-refractivity contribution is -0.671. The summed E-state index contributed by atoms with van der Waals surface area (Å²) in [6.07, 6.45) is 8.45. The van der Waals surface area contributed by atoms with Crippen molar-refractivity contribution in [1.82, 2.24) is 4.98 Å². The van der Waals surface area contributed by atoms with Crippen LogP contribution < -0.4 is 9.47 Å². The van der Waals surface area contributed by atoms with Gasteiger partial charge in [0.25, 0.3) is 0 Å². The van der Waals surface area contributed by atoms with Crippen LogP contribution in [0.2, 0.25) is 0 Å². The van der Waals surface area contributed by atoms with Gasteiger partial charge in [-0.15, -0.1) is 0 Å². The largest absolute Gasteiger partial charge is 0.378 e. The highest BCUT2D eigenvalue weighted by Crippen LogP contribution is 2.27. The van der Waals surface area contributed by atoms with Crippen molar-refractivity contribution in [2.45, 2.75) is 6.92 Å². The molecule has 0 amide bonds. The van der Waals surface area contributed by atoms with Crippen molar-refractivity contribution in [2.24, 2.45) is 7.05 Å². The normalized spacial score (nSPS) is 15.1. The second-order valence-electron chi connectivity index (χ2n) is 6.83. The lowest BCUT2D eigenvalue weighted by Crippen LogP contribution is -2.37. The van der Waals surface area contributed by atoms with Crippen LogP contribution in [0, 0.1) is 6.92 Å². The topological polar surface area (TPSA) is 29.2 Å². The smallest absolute Gasteiger partial charge is 0.169 e. The molecular formula is C22H24N3O+. The van der Waals surface area contributed by atoms with E-state index in [2.05, 4.69) is 72.8 Å². The minimum absolute atomic E-state index is 0.756. The van der Waals surface area contributed by atoms with Crippen molar-refractivity contribution in [2.75, 3.05) is 31.2 Å². The Kier molecular flexibility index (Phi) is 4.67. The van der Waals surface area contributed by atoms with Crippen molar-refractivity contribution in [3.8, 4) is 0 Å². The van der Waals surface area contributed by atoms with Gasteiger partial charge in [-0.05, 0) is 30.7 Å². The number of hydrogen-bond acceptors (Lipinski definition) is 3. The van der Waals surface area contributed by atoms with E-state index in [0.29, 0.717) is 0 Å². The Morgan fingerprint density at radius 2 is 1.81 bits per heavy atom. The minimum Gasteiger partial charge on any atom is -0.378 e. The number of nitrogens with zero attached hydrogens (tertiary/aromatic N) is 3. The zero-order valence-corrected chi connectivity index (χ0v) is 15.4. The van der Waals surface area contributed by atoms with Gasteiger partial charge < -0.3 is 9.64 Å². The molecule has 0 unspecified atom stereocenters. The summed E-state index contributed by atoms with van der Waals surface area (Å²) in [5, 5.41) is 1.18. The highest BCUT2D eigenvalue weighted by atomic mass is 16.5. The molecule has 0 radical (unpaired) electrons. The average molecular weight is 346 g/mol. The Balaban J connectivity index is 1.77. The van der Waals surface area contributed by atoms with E-state index < -0.39 is 0 Å². The third-order valence-electron chi connectivity index (χ3n) is 4.75. The van der Waals surface area contributed by atoms with Crippen molar-refractivity contribution < 1.29 is 9.30 Å². The Labute approximate surface area is 154 Å². The summed E-state index contributed by atoms with van der Waals surface area (Å²) in [5.74, 6) is 1.04. The molecule has 0 aliphatic carbocycles. The minimum atomic E-state index is 0.756. The van der Waals surface area contributed by atoms with E-state index in [1.54, 1.807) is 0 Å². The van der Waals surface area contributed by atoms with Gasteiger partial charge in [0.2, 0.25) is 0 Å². The number of aromatic nitrogens is 2. The molecule has 4 heteroatoms. The molecule has 1 fully saturated rings. The molecule has 3 aromatic rings. The number of rotatable bonds is 3. The van der Waals surface area contributed by atoms with Crippen molar-refractivity contribution in [3.05, 3.63) is 65.5 Å². The van der Waals surface area contributed by atoms with E-state index in [4.69, 9.17) is 9.72 Å². The van der Waals surface area contributed by atoms with Crippen LogP contribution in [0.5, 0.6) is 0 Å². The fraction of sp³-hybridized carbons (Fsp3) is 0.273. The molecule has 0 N–H and O–H groups in total. The van der Waals surface area contributed by atoms with Gasteiger partial charge in [0.15, 0.2) is 12.4 Å². The molecule has 0 bridgehead atoms. The highest BCUT2D eigenvalue weighted by molar-refractivity contribution is 5.87. The quantitative estimate of drug-likeness (QED) is 0.681. The second kappa shape index (κ2) is 7.26. The molecule has 0 spiro atoms. The van der Waals surface area contributed by atoms with E-state index >= 15 is 0 Å². The molecule has 0 atom stereocenters. The Morgan fingerprint density at radius 1 is 1.04 bits per heavy atom. The van der Waals surface area contributed by atoms with Gasteiger partial charge in [-0.3, -0.25) is 0 Å². The highest BCUT2D eigenvalue weighted by Gasteiger charge is 2.16. The molecule has 1 saturated heterocycles. The first-order valence-electron chi connectivity index (χ1n) is 9.06. The summed E-state index contributed by atoms with van der Waals surface area (Å²) in [7, 11) is 2.03. The van der Waals surface area contributed by atoms with Crippen molar-refractivity contribution in [1.29, 1.82) is 0 Å². The zero-order valence-electron chi connectivity index (χ0n) is 15.4. The van der Waals surface area contributed by atoms with E-state index in [1.165, 1.54) is 16.5 Å². The Bertz CT molecular complexity index is 942. The van der Waals surface area contributed by atoms with Crippen LogP contribution in [0.15, 0.2) is 48.8 Å². The maximum Gasteiger partial charge on any atom is 0.169 e. The Morgan fingerprint density at radius 3 is 2.58 bits per heavy atom. The number of anilines is 1. The summed E-state index contributed by atoms with van der Waals surface area (Å²) >= 11 is 0. The van der Waals surface area contributed by atoms with E-state index in [0.717, 1.165) is 43.2 Å². The molecule has 1 aliphatic rings. The molecule has 1 aromatic carbocycles. The first-order valence-corrected chi connectivity index (χ1v) is 9.06. The van der Waals surface area contributed by atoms with Gasteiger partial charge in [0.1, 0.15) is 12.9 Å². The number of pyridine rings is 2. The van der Waals surface area contributed by atoms with Crippen LogP contribution in [-0.4, -0.2) is 31.3 Å². The van der Waals surface area contributed by atoms with Crippen LogP contribution in [0.4, 0.5) is 5.82 Å². The van der Waals surface area contributed by atoms with Gasteiger partial charge in [0.05, 0.1) is 18.7 Å². The summed E-state index contributed by atoms with van der Waals surface area (Å²) in [6.45, 7) is 5.39. The SMILES string of the molecule is Cc1ccc2nc(N3CCOCC3)c(/C=C/c3cc[n+](C)cc3)cc2c1. The second-order valence-corrected chi connectivity index (χ2v) is 6.83. The van der Waals surface area contributed by atoms with Gasteiger partial charge in [0, 0.05) is 36.2 Å². The standard InChI is InChI=1S/C22H24N3O/c1-17-3-6-21-20(15-17)16-19(5-4-18-7-9-24(2)10-8-18)22(23-21)25-11-13-26-14-12-25/h3-10,15-16H,11-14H2,1-2H3/q+1. The molecule has 4 rings (SSSR count). The molecule has 2 aromatic heterocycles. The van der Waals surface area contributed by atoms with Gasteiger partial charge in [-0.25, -0.2) is 9.55 Å². The predicted octanol–water partition coefficient (Wildman–Crippen LogP) is 3.37. The number of morpholine rings is 1. The van der Waals surface area contributed by atoms with E-state index in [-0.39, 0.29) is 0 Å². The van der Waals surface area contributed by atoms with Crippen LogP contribution >= 0.6 is 0 Å². The summed E-state index contributed by atoms with van der Waals surface area (Å²) in [5.41, 5.74) is 4.63. The lowest BCUT2D eigenvalue weighted by Gasteiger charge is -2.29. The lowest BCUT2D eigenvalue weighted by atomic mass is 10.1. The number of ether oxygens (including phenoxy) is 1. The zero-order chi connectivity index (χ0) is 17.9. The molecule has 4 nitrogen and oxygen atoms in total. The fourth-order valence-electron chi connectivity index (χ4n) is 3.26. The molecular weight excluding hydrogens is 322 g/mol. The van der Waals surface area contributed by atoms with Gasteiger partial charge in [-0.1, -0.05) is 23.8 Å². The molecule has 26 heavy (non-hydrogen) atoms. The van der Waals surface area contributed by atoms with Crippen LogP contribution in [0.3, 0.4) is 0 Å². The summed E-state index contributed by atoms with van der Waals surface area (Å²) in [4.78, 5) is 7.31. The Hall–Kier alpha value is -2.72. The van der Waals surface area contributed by atoms with Crippen LogP contribution in [0.1, 0.15) is 16.7 Å². The molecule has 3 heterocycles. The van der Waals surface area contributed by atoms with Crippen molar-refractivity contribution >= 4 is 28.9 Å².